The molecule has 0 fully saturated rings. The Hall–Kier alpha value is -1.95. The topological polar surface area (TPSA) is 52.0 Å². The number of nitrogens with zero attached hydrogens (tertiary/aromatic N) is 3. The first-order valence-corrected chi connectivity index (χ1v) is 6.72. The Morgan fingerprint density at radius 2 is 2.40 bits per heavy atom. The van der Waals surface area contributed by atoms with E-state index < -0.39 is 0 Å². The van der Waals surface area contributed by atoms with Gasteiger partial charge in [-0.15, -0.1) is 0 Å². The molecule has 2 aromatic rings. The van der Waals surface area contributed by atoms with E-state index in [1.54, 1.807) is 17.1 Å². The maximum Gasteiger partial charge on any atom is 0.164 e. The summed E-state index contributed by atoms with van der Waals surface area (Å²) in [7, 11) is 1.84. The minimum atomic E-state index is -0.268. The zero-order valence-corrected chi connectivity index (χ0v) is 11.3. The van der Waals surface area contributed by atoms with E-state index >= 15 is 0 Å². The first-order chi connectivity index (χ1) is 9.72. The number of aryl methyl sites for hydroxylation is 1. The summed E-state index contributed by atoms with van der Waals surface area (Å²) < 4.78 is 20.6. The smallest absolute Gasteiger partial charge is 0.164 e. The Morgan fingerprint density at radius 3 is 3.20 bits per heavy atom. The molecule has 0 saturated heterocycles. The van der Waals surface area contributed by atoms with Gasteiger partial charge in [0.15, 0.2) is 5.82 Å². The zero-order chi connectivity index (χ0) is 13.9. The number of benzene rings is 1. The number of hydrogen-bond donors (Lipinski definition) is 1. The van der Waals surface area contributed by atoms with Gasteiger partial charge in [-0.2, -0.15) is 5.10 Å². The quantitative estimate of drug-likeness (QED) is 0.931. The summed E-state index contributed by atoms with van der Waals surface area (Å²) in [6.07, 6.45) is 3.56. The van der Waals surface area contributed by atoms with Crippen LogP contribution < -0.4 is 10.1 Å². The number of hydrogen-bond acceptors (Lipinski definition) is 4. The van der Waals surface area contributed by atoms with Crippen LogP contribution in [-0.2, 0) is 13.6 Å². The van der Waals surface area contributed by atoms with Crippen LogP contribution in [-0.4, -0.2) is 21.4 Å². The van der Waals surface area contributed by atoms with Crippen molar-refractivity contribution >= 4 is 0 Å². The number of rotatable bonds is 3. The average Bonchev–Trinajstić information content (AvgIpc) is 2.74. The van der Waals surface area contributed by atoms with Crippen molar-refractivity contribution in [3.8, 4) is 5.75 Å². The van der Waals surface area contributed by atoms with Gasteiger partial charge in [0.05, 0.1) is 13.2 Å². The van der Waals surface area contributed by atoms with Gasteiger partial charge < -0.3 is 10.1 Å². The number of ether oxygens (including phenoxy) is 1. The van der Waals surface area contributed by atoms with Crippen LogP contribution in [0.2, 0.25) is 0 Å². The molecule has 3 rings (SSSR count). The van der Waals surface area contributed by atoms with Crippen molar-refractivity contribution in [2.75, 3.05) is 6.61 Å². The van der Waals surface area contributed by atoms with Crippen molar-refractivity contribution in [3.63, 3.8) is 0 Å². The predicted molar refractivity (Wildman–Crippen MR) is 71.7 cm³/mol. The molecule has 0 spiro atoms. The van der Waals surface area contributed by atoms with Gasteiger partial charge in [-0.1, -0.05) is 6.07 Å². The van der Waals surface area contributed by atoms with Gasteiger partial charge in [0.25, 0.3) is 0 Å². The monoisotopic (exact) mass is 276 g/mol. The molecule has 0 bridgehead atoms. The fourth-order valence-corrected chi connectivity index (χ4v) is 2.44. The lowest BCUT2D eigenvalue weighted by atomic mass is 10.0. The molecular weight excluding hydrogens is 259 g/mol. The molecule has 20 heavy (non-hydrogen) atoms. The van der Waals surface area contributed by atoms with Gasteiger partial charge in [-0.05, 0) is 18.9 Å². The van der Waals surface area contributed by atoms with E-state index in [0.717, 1.165) is 24.2 Å². The highest BCUT2D eigenvalue weighted by atomic mass is 19.1. The molecule has 1 N–H and O–H groups in total. The summed E-state index contributed by atoms with van der Waals surface area (Å²) in [4.78, 5) is 4.19. The minimum absolute atomic E-state index is 0.136. The molecule has 1 aromatic carbocycles. The zero-order valence-electron chi connectivity index (χ0n) is 11.3. The molecule has 5 nitrogen and oxygen atoms in total. The number of aromatic nitrogens is 3. The molecule has 0 saturated carbocycles. The molecule has 1 aromatic heterocycles. The average molecular weight is 276 g/mol. The van der Waals surface area contributed by atoms with Gasteiger partial charge in [-0.25, -0.2) is 9.37 Å². The molecule has 0 unspecified atom stereocenters. The van der Waals surface area contributed by atoms with E-state index in [0.29, 0.717) is 18.9 Å². The summed E-state index contributed by atoms with van der Waals surface area (Å²) in [5.74, 6) is 1.12. The first kappa shape index (κ1) is 13.1. The van der Waals surface area contributed by atoms with E-state index in [1.165, 1.54) is 12.1 Å². The van der Waals surface area contributed by atoms with Crippen LogP contribution in [0.5, 0.6) is 5.75 Å². The fourth-order valence-electron chi connectivity index (χ4n) is 2.44. The van der Waals surface area contributed by atoms with E-state index in [4.69, 9.17) is 4.74 Å². The van der Waals surface area contributed by atoms with Crippen molar-refractivity contribution in [1.82, 2.24) is 20.1 Å². The first-order valence-electron chi connectivity index (χ1n) is 6.72. The van der Waals surface area contributed by atoms with Crippen molar-refractivity contribution in [1.29, 1.82) is 0 Å². The highest BCUT2D eigenvalue weighted by molar-refractivity contribution is 5.37. The van der Waals surface area contributed by atoms with Crippen LogP contribution in [0.4, 0.5) is 4.39 Å². The standard InChI is InChI=1S/C14H17FN4O/c1-19-9-17-14(18-19)8-16-12-3-2-6-20-13-7-10(15)4-5-11(12)13/h4-5,7,9,12,16H,2-3,6,8H2,1H3/t12-/m0/s1. The molecule has 0 amide bonds. The third-order valence-electron chi connectivity index (χ3n) is 3.40. The fraction of sp³-hybridized carbons (Fsp3) is 0.429. The molecule has 1 aliphatic heterocycles. The molecule has 1 atom stereocenters. The van der Waals surface area contributed by atoms with Crippen molar-refractivity contribution < 1.29 is 9.13 Å². The van der Waals surface area contributed by atoms with Crippen LogP contribution in [0.15, 0.2) is 24.5 Å². The molecule has 0 radical (unpaired) electrons. The Balaban J connectivity index is 1.76. The maximum atomic E-state index is 13.3. The second-order valence-electron chi connectivity index (χ2n) is 4.94. The minimum Gasteiger partial charge on any atom is -0.493 e. The van der Waals surface area contributed by atoms with E-state index in [1.807, 2.05) is 7.05 Å². The Labute approximate surface area is 116 Å². The van der Waals surface area contributed by atoms with Crippen LogP contribution >= 0.6 is 0 Å². The van der Waals surface area contributed by atoms with Crippen molar-refractivity contribution in [2.45, 2.75) is 25.4 Å². The maximum absolute atomic E-state index is 13.3. The summed E-state index contributed by atoms with van der Waals surface area (Å²) in [5.41, 5.74) is 1.000. The largest absolute Gasteiger partial charge is 0.493 e. The predicted octanol–water partition coefficient (Wildman–Crippen LogP) is 1.96. The number of halogens is 1. The molecule has 1 aliphatic rings. The summed E-state index contributed by atoms with van der Waals surface area (Å²) >= 11 is 0. The summed E-state index contributed by atoms with van der Waals surface area (Å²) in [6.45, 7) is 1.21. The van der Waals surface area contributed by atoms with Crippen molar-refractivity contribution in [2.24, 2.45) is 7.05 Å². The second kappa shape index (κ2) is 5.58. The Kier molecular flexibility index (Phi) is 3.64. The molecule has 2 heterocycles. The van der Waals surface area contributed by atoms with Gasteiger partial charge in [0.2, 0.25) is 0 Å². The van der Waals surface area contributed by atoms with Crippen LogP contribution in [0, 0.1) is 5.82 Å². The lowest BCUT2D eigenvalue weighted by Crippen LogP contribution is -2.21. The van der Waals surface area contributed by atoms with Crippen LogP contribution in [0.1, 0.15) is 30.3 Å². The molecule has 106 valence electrons. The molecule has 0 aliphatic carbocycles. The summed E-state index contributed by atoms with van der Waals surface area (Å²) in [5, 5.41) is 7.67. The number of nitrogens with one attached hydrogen (secondary N) is 1. The van der Waals surface area contributed by atoms with Crippen LogP contribution in [0.25, 0.3) is 0 Å². The number of fused-ring (bicyclic) bond motifs is 1. The van der Waals surface area contributed by atoms with Gasteiger partial charge in [-0.3, -0.25) is 4.68 Å². The lowest BCUT2D eigenvalue weighted by Gasteiger charge is -2.17. The lowest BCUT2D eigenvalue weighted by molar-refractivity contribution is 0.313. The Morgan fingerprint density at radius 1 is 1.50 bits per heavy atom. The van der Waals surface area contributed by atoms with E-state index in [-0.39, 0.29) is 11.9 Å². The SMILES string of the molecule is Cn1cnc(CN[C@H]2CCCOc3cc(F)ccc32)n1. The van der Waals surface area contributed by atoms with Crippen molar-refractivity contribution in [3.05, 3.63) is 41.7 Å². The summed E-state index contributed by atoms with van der Waals surface area (Å²) in [6, 6.07) is 4.85. The molecular formula is C14H17FN4O. The van der Waals surface area contributed by atoms with Gasteiger partial charge in [0, 0.05) is 24.7 Å². The Bertz CT molecular complexity index is 599. The molecule has 6 heteroatoms. The van der Waals surface area contributed by atoms with Gasteiger partial charge >= 0.3 is 0 Å². The van der Waals surface area contributed by atoms with Crippen LogP contribution in [0.3, 0.4) is 0 Å². The highest BCUT2D eigenvalue weighted by Gasteiger charge is 2.20. The third kappa shape index (κ3) is 2.80. The second-order valence-corrected chi connectivity index (χ2v) is 4.94. The normalized spacial score (nSPS) is 18.2. The highest BCUT2D eigenvalue weighted by Crippen LogP contribution is 2.32. The van der Waals surface area contributed by atoms with Gasteiger partial charge in [0.1, 0.15) is 17.9 Å². The van der Waals surface area contributed by atoms with E-state index in [9.17, 15) is 4.39 Å². The van der Waals surface area contributed by atoms with E-state index in [2.05, 4.69) is 15.4 Å². The third-order valence-corrected chi connectivity index (χ3v) is 3.40.